The molecular formula is C18H23N3. The lowest BCUT2D eigenvalue weighted by Crippen LogP contribution is -2.45. The molecule has 0 bridgehead atoms. The Hall–Kier alpha value is -1.71. The molecule has 0 spiro atoms. The Morgan fingerprint density at radius 1 is 1.05 bits per heavy atom. The Bertz CT molecular complexity index is 557. The first-order chi connectivity index (χ1) is 10.2. The van der Waals surface area contributed by atoms with Crippen molar-refractivity contribution in [1.82, 2.24) is 15.2 Å². The van der Waals surface area contributed by atoms with Crippen molar-refractivity contribution in [1.29, 1.82) is 0 Å². The summed E-state index contributed by atoms with van der Waals surface area (Å²) in [7, 11) is 0. The van der Waals surface area contributed by atoms with Gasteiger partial charge in [-0.2, -0.15) is 0 Å². The summed E-state index contributed by atoms with van der Waals surface area (Å²) < 4.78 is 0. The van der Waals surface area contributed by atoms with Crippen LogP contribution in [0.15, 0.2) is 42.5 Å². The minimum atomic E-state index is 0.256. The van der Waals surface area contributed by atoms with Crippen LogP contribution in [0.1, 0.15) is 28.6 Å². The van der Waals surface area contributed by atoms with E-state index in [1.54, 1.807) is 0 Å². The van der Waals surface area contributed by atoms with Crippen LogP contribution in [0.2, 0.25) is 0 Å². The van der Waals surface area contributed by atoms with E-state index in [4.69, 9.17) is 4.98 Å². The predicted molar refractivity (Wildman–Crippen MR) is 86.4 cm³/mol. The van der Waals surface area contributed by atoms with Gasteiger partial charge in [0.1, 0.15) is 0 Å². The third kappa shape index (κ3) is 3.31. The second kappa shape index (κ2) is 6.37. The molecule has 21 heavy (non-hydrogen) atoms. The molecule has 0 saturated carbocycles. The third-order valence-electron chi connectivity index (χ3n) is 4.06. The Morgan fingerprint density at radius 3 is 2.52 bits per heavy atom. The van der Waals surface area contributed by atoms with Crippen LogP contribution in [0.5, 0.6) is 0 Å². The average molecular weight is 281 g/mol. The molecule has 0 radical (unpaired) electrons. The maximum Gasteiger partial charge on any atom is 0.0777 e. The van der Waals surface area contributed by atoms with E-state index in [0.29, 0.717) is 0 Å². The van der Waals surface area contributed by atoms with Gasteiger partial charge in [-0.3, -0.25) is 9.88 Å². The second-order valence-electron chi connectivity index (χ2n) is 5.81. The lowest BCUT2D eigenvalue weighted by molar-refractivity contribution is 0.195. The van der Waals surface area contributed by atoms with Crippen molar-refractivity contribution in [2.75, 3.05) is 26.2 Å². The molecule has 3 rings (SSSR count). The second-order valence-corrected chi connectivity index (χ2v) is 5.81. The Kier molecular flexibility index (Phi) is 4.32. The number of pyridine rings is 1. The number of aromatic nitrogens is 1. The number of aryl methyl sites for hydroxylation is 2. The van der Waals surface area contributed by atoms with Crippen molar-refractivity contribution >= 4 is 0 Å². The van der Waals surface area contributed by atoms with Crippen molar-refractivity contribution < 1.29 is 0 Å². The minimum Gasteiger partial charge on any atom is -0.314 e. The molecule has 0 amide bonds. The summed E-state index contributed by atoms with van der Waals surface area (Å²) in [5.74, 6) is 0. The summed E-state index contributed by atoms with van der Waals surface area (Å²) in [5.41, 5.74) is 4.89. The molecule has 2 aromatic rings. The average Bonchev–Trinajstić information content (AvgIpc) is 2.49. The SMILES string of the molecule is Cc1cccc(C(c2cccc(C)n2)N2CCNCC2)c1. The first-order valence-electron chi connectivity index (χ1n) is 7.69. The smallest absolute Gasteiger partial charge is 0.0777 e. The highest BCUT2D eigenvalue weighted by molar-refractivity contribution is 5.32. The molecule has 1 saturated heterocycles. The fraction of sp³-hybridized carbons (Fsp3) is 0.389. The largest absolute Gasteiger partial charge is 0.314 e. The number of hydrogen-bond donors (Lipinski definition) is 1. The van der Waals surface area contributed by atoms with Crippen molar-refractivity contribution in [2.24, 2.45) is 0 Å². The summed E-state index contributed by atoms with van der Waals surface area (Å²) in [6, 6.07) is 15.4. The quantitative estimate of drug-likeness (QED) is 0.937. The highest BCUT2D eigenvalue weighted by atomic mass is 15.2. The van der Waals surface area contributed by atoms with Crippen molar-refractivity contribution in [3.8, 4) is 0 Å². The van der Waals surface area contributed by atoms with E-state index in [1.165, 1.54) is 11.1 Å². The van der Waals surface area contributed by atoms with Crippen LogP contribution >= 0.6 is 0 Å². The third-order valence-corrected chi connectivity index (χ3v) is 4.06. The lowest BCUT2D eigenvalue weighted by Gasteiger charge is -2.35. The number of hydrogen-bond acceptors (Lipinski definition) is 3. The molecule has 110 valence electrons. The summed E-state index contributed by atoms with van der Waals surface area (Å²) in [4.78, 5) is 7.33. The molecule has 3 heteroatoms. The van der Waals surface area contributed by atoms with Crippen LogP contribution < -0.4 is 5.32 Å². The zero-order valence-corrected chi connectivity index (χ0v) is 12.8. The first-order valence-corrected chi connectivity index (χ1v) is 7.69. The molecule has 3 nitrogen and oxygen atoms in total. The number of rotatable bonds is 3. The van der Waals surface area contributed by atoms with Crippen LogP contribution in [-0.2, 0) is 0 Å². The van der Waals surface area contributed by atoms with Crippen LogP contribution in [0.3, 0.4) is 0 Å². The van der Waals surface area contributed by atoms with Gasteiger partial charge in [-0.05, 0) is 31.5 Å². The molecule has 1 aliphatic rings. The Balaban J connectivity index is 2.01. The van der Waals surface area contributed by atoms with Crippen LogP contribution in [0.4, 0.5) is 0 Å². The maximum atomic E-state index is 4.79. The van der Waals surface area contributed by atoms with E-state index in [1.807, 2.05) is 0 Å². The van der Waals surface area contributed by atoms with Gasteiger partial charge < -0.3 is 5.32 Å². The van der Waals surface area contributed by atoms with E-state index in [-0.39, 0.29) is 6.04 Å². The zero-order valence-electron chi connectivity index (χ0n) is 12.8. The molecule has 1 unspecified atom stereocenters. The van der Waals surface area contributed by atoms with Gasteiger partial charge in [0.05, 0.1) is 11.7 Å². The van der Waals surface area contributed by atoms with E-state index in [2.05, 4.69) is 66.5 Å². The zero-order chi connectivity index (χ0) is 14.7. The van der Waals surface area contributed by atoms with Gasteiger partial charge in [0.15, 0.2) is 0 Å². The van der Waals surface area contributed by atoms with Gasteiger partial charge >= 0.3 is 0 Å². The number of nitrogens with zero attached hydrogens (tertiary/aromatic N) is 2. The summed E-state index contributed by atoms with van der Waals surface area (Å²) in [6.45, 7) is 8.45. The summed E-state index contributed by atoms with van der Waals surface area (Å²) in [6.07, 6.45) is 0. The number of nitrogens with one attached hydrogen (secondary N) is 1. The van der Waals surface area contributed by atoms with E-state index in [9.17, 15) is 0 Å². The van der Waals surface area contributed by atoms with E-state index >= 15 is 0 Å². The fourth-order valence-corrected chi connectivity index (χ4v) is 3.07. The van der Waals surface area contributed by atoms with Gasteiger partial charge in [-0.15, -0.1) is 0 Å². The number of benzene rings is 1. The summed E-state index contributed by atoms with van der Waals surface area (Å²) >= 11 is 0. The Labute approximate surface area is 127 Å². The van der Waals surface area contributed by atoms with Gasteiger partial charge in [-0.25, -0.2) is 0 Å². The molecule has 1 atom stereocenters. The number of piperazine rings is 1. The normalized spacial score (nSPS) is 17.6. The van der Waals surface area contributed by atoms with Gasteiger partial charge in [0.25, 0.3) is 0 Å². The lowest BCUT2D eigenvalue weighted by atomic mass is 9.98. The standard InChI is InChI=1S/C18H23N3/c1-14-5-3-7-16(13-14)18(21-11-9-19-10-12-21)17-8-4-6-15(2)20-17/h3-8,13,18-19H,9-12H2,1-2H3. The molecule has 0 aliphatic carbocycles. The molecule has 1 N–H and O–H groups in total. The van der Waals surface area contributed by atoms with E-state index < -0.39 is 0 Å². The summed E-state index contributed by atoms with van der Waals surface area (Å²) in [5, 5.41) is 3.43. The molecular weight excluding hydrogens is 258 g/mol. The molecule has 1 aromatic carbocycles. The highest BCUT2D eigenvalue weighted by Crippen LogP contribution is 2.28. The molecule has 2 heterocycles. The van der Waals surface area contributed by atoms with Crippen molar-refractivity contribution in [3.63, 3.8) is 0 Å². The minimum absolute atomic E-state index is 0.256. The van der Waals surface area contributed by atoms with E-state index in [0.717, 1.165) is 37.6 Å². The topological polar surface area (TPSA) is 28.2 Å². The van der Waals surface area contributed by atoms with Crippen molar-refractivity contribution in [2.45, 2.75) is 19.9 Å². The Morgan fingerprint density at radius 2 is 1.81 bits per heavy atom. The van der Waals surface area contributed by atoms with Crippen LogP contribution in [0, 0.1) is 13.8 Å². The molecule has 1 fully saturated rings. The maximum absolute atomic E-state index is 4.79. The van der Waals surface area contributed by atoms with Crippen molar-refractivity contribution in [3.05, 3.63) is 65.0 Å². The molecule has 1 aromatic heterocycles. The predicted octanol–water partition coefficient (Wildman–Crippen LogP) is 2.69. The fourth-order valence-electron chi connectivity index (χ4n) is 3.07. The highest BCUT2D eigenvalue weighted by Gasteiger charge is 2.24. The van der Waals surface area contributed by atoms with Crippen LogP contribution in [-0.4, -0.2) is 36.1 Å². The van der Waals surface area contributed by atoms with Gasteiger partial charge in [-0.1, -0.05) is 35.9 Å². The first kappa shape index (κ1) is 14.2. The van der Waals surface area contributed by atoms with Crippen LogP contribution in [0.25, 0.3) is 0 Å². The van der Waals surface area contributed by atoms with Gasteiger partial charge in [0.2, 0.25) is 0 Å². The monoisotopic (exact) mass is 281 g/mol. The van der Waals surface area contributed by atoms with Gasteiger partial charge in [0, 0.05) is 31.9 Å². The molecule has 1 aliphatic heterocycles.